The summed E-state index contributed by atoms with van der Waals surface area (Å²) in [6, 6.07) is 12.9. The van der Waals surface area contributed by atoms with Crippen LogP contribution >= 0.6 is 0 Å². The summed E-state index contributed by atoms with van der Waals surface area (Å²) >= 11 is 0. The molecule has 2 aromatic heterocycles. The van der Waals surface area contributed by atoms with Crippen molar-refractivity contribution in [3.8, 4) is 5.75 Å². The van der Waals surface area contributed by atoms with E-state index >= 15 is 0 Å². The van der Waals surface area contributed by atoms with Gasteiger partial charge in [0.05, 0.1) is 25.0 Å². The predicted molar refractivity (Wildman–Crippen MR) is 103 cm³/mol. The van der Waals surface area contributed by atoms with E-state index in [1.54, 1.807) is 55.9 Å². The third-order valence-electron chi connectivity index (χ3n) is 4.80. The Balaban J connectivity index is 1.79. The van der Waals surface area contributed by atoms with E-state index in [4.69, 9.17) is 9.15 Å². The number of hydrogen-bond acceptors (Lipinski definition) is 6. The maximum atomic E-state index is 13.0. The monoisotopic (exact) mass is 390 g/mol. The van der Waals surface area contributed by atoms with Crippen LogP contribution in [0.15, 0.2) is 82.9 Å². The highest BCUT2D eigenvalue weighted by Gasteiger charge is 2.44. The largest absolute Gasteiger partial charge is 0.503 e. The molecule has 29 heavy (non-hydrogen) atoms. The molecule has 0 saturated carbocycles. The van der Waals surface area contributed by atoms with Gasteiger partial charge < -0.3 is 19.2 Å². The number of nitrogens with zero attached hydrogens (tertiary/aromatic N) is 2. The van der Waals surface area contributed by atoms with Crippen LogP contribution in [0.5, 0.6) is 5.75 Å². The van der Waals surface area contributed by atoms with Gasteiger partial charge in [0, 0.05) is 18.9 Å². The quantitative estimate of drug-likeness (QED) is 0.648. The van der Waals surface area contributed by atoms with Gasteiger partial charge in [-0.2, -0.15) is 0 Å². The van der Waals surface area contributed by atoms with E-state index in [1.165, 1.54) is 17.2 Å². The molecule has 1 aliphatic heterocycles. The molecule has 1 aliphatic rings. The average Bonchev–Trinajstić information content (AvgIpc) is 3.38. The second kappa shape index (κ2) is 7.63. The van der Waals surface area contributed by atoms with Gasteiger partial charge in [-0.3, -0.25) is 14.6 Å². The van der Waals surface area contributed by atoms with E-state index in [-0.39, 0.29) is 17.9 Å². The lowest BCUT2D eigenvalue weighted by molar-refractivity contribution is -0.130. The number of amides is 1. The first-order chi connectivity index (χ1) is 14.1. The van der Waals surface area contributed by atoms with Crippen molar-refractivity contribution in [1.82, 2.24) is 9.88 Å². The first-order valence-electron chi connectivity index (χ1n) is 8.95. The van der Waals surface area contributed by atoms with E-state index in [2.05, 4.69) is 4.98 Å². The number of aliphatic hydroxyl groups is 1. The number of Topliss-reactive ketones (excluding diaryl/α,β-unsaturated/α-hetero) is 1. The summed E-state index contributed by atoms with van der Waals surface area (Å²) < 4.78 is 10.4. The zero-order valence-electron chi connectivity index (χ0n) is 15.6. The minimum atomic E-state index is -0.772. The molecule has 0 saturated heterocycles. The molecule has 1 aromatic carbocycles. The van der Waals surface area contributed by atoms with E-state index in [9.17, 15) is 14.7 Å². The molecular weight excluding hydrogens is 372 g/mol. The SMILES string of the molecule is COc1ccc([C@@H]2C(C(=O)c3ccco3)=C(O)C(=O)N2Cc2cccnc2)cc1. The molecule has 0 unspecified atom stereocenters. The molecule has 3 aromatic rings. The van der Waals surface area contributed by atoms with E-state index in [1.807, 2.05) is 6.07 Å². The summed E-state index contributed by atoms with van der Waals surface area (Å²) in [5, 5.41) is 10.6. The zero-order chi connectivity index (χ0) is 20.4. The van der Waals surface area contributed by atoms with E-state index < -0.39 is 23.5 Å². The molecule has 0 spiro atoms. The number of methoxy groups -OCH3 is 1. The van der Waals surface area contributed by atoms with Crippen LogP contribution in [-0.2, 0) is 11.3 Å². The second-order valence-corrected chi connectivity index (χ2v) is 6.54. The van der Waals surface area contributed by atoms with Crippen LogP contribution in [-0.4, -0.2) is 33.8 Å². The number of pyridine rings is 1. The molecule has 0 fully saturated rings. The van der Waals surface area contributed by atoms with Gasteiger partial charge in [-0.25, -0.2) is 0 Å². The summed E-state index contributed by atoms with van der Waals surface area (Å²) in [6.45, 7) is 0.183. The van der Waals surface area contributed by atoms with Crippen LogP contribution in [0.3, 0.4) is 0 Å². The Labute approximate surface area is 166 Å². The molecular formula is C22H18N2O5. The number of carbonyl (C=O) groups is 2. The number of benzene rings is 1. The Morgan fingerprint density at radius 3 is 2.62 bits per heavy atom. The van der Waals surface area contributed by atoms with Crippen LogP contribution in [0.2, 0.25) is 0 Å². The van der Waals surface area contributed by atoms with Crippen molar-refractivity contribution >= 4 is 11.7 Å². The molecule has 4 rings (SSSR count). The third-order valence-corrected chi connectivity index (χ3v) is 4.80. The molecule has 1 N–H and O–H groups in total. The van der Waals surface area contributed by atoms with Gasteiger partial charge in [0.1, 0.15) is 5.75 Å². The molecule has 7 heteroatoms. The van der Waals surface area contributed by atoms with Crippen molar-refractivity contribution in [2.75, 3.05) is 7.11 Å². The number of ketones is 1. The minimum absolute atomic E-state index is 0.0148. The summed E-state index contributed by atoms with van der Waals surface area (Å²) in [6.07, 6.45) is 4.65. The summed E-state index contributed by atoms with van der Waals surface area (Å²) in [5.41, 5.74) is 1.43. The van der Waals surface area contributed by atoms with Crippen LogP contribution in [0.25, 0.3) is 0 Å². The fourth-order valence-corrected chi connectivity index (χ4v) is 3.41. The molecule has 1 amide bonds. The topological polar surface area (TPSA) is 92.9 Å². The smallest absolute Gasteiger partial charge is 0.290 e. The summed E-state index contributed by atoms with van der Waals surface area (Å²) in [4.78, 5) is 31.5. The highest BCUT2D eigenvalue weighted by atomic mass is 16.5. The maximum absolute atomic E-state index is 13.0. The van der Waals surface area contributed by atoms with Crippen LogP contribution in [0, 0.1) is 0 Å². The molecule has 146 valence electrons. The van der Waals surface area contributed by atoms with Gasteiger partial charge in [0.15, 0.2) is 11.5 Å². The summed E-state index contributed by atoms with van der Waals surface area (Å²) in [5.74, 6) is -1.03. The van der Waals surface area contributed by atoms with E-state index in [0.717, 1.165) is 5.56 Å². The number of furan rings is 1. The van der Waals surface area contributed by atoms with Gasteiger partial charge >= 0.3 is 0 Å². The average molecular weight is 390 g/mol. The summed E-state index contributed by atoms with van der Waals surface area (Å²) in [7, 11) is 1.56. The predicted octanol–water partition coefficient (Wildman–Crippen LogP) is 3.46. The minimum Gasteiger partial charge on any atom is -0.503 e. The van der Waals surface area contributed by atoms with Crippen molar-refractivity contribution in [3.63, 3.8) is 0 Å². The number of rotatable bonds is 6. The van der Waals surface area contributed by atoms with Crippen molar-refractivity contribution in [2.45, 2.75) is 12.6 Å². The standard InChI is InChI=1S/C22H18N2O5/c1-28-16-8-6-15(7-9-16)19-18(20(25)17-5-3-11-29-17)21(26)22(27)24(19)13-14-4-2-10-23-12-14/h2-12,19,26H,13H2,1H3/t19-/m1/s1. The lowest BCUT2D eigenvalue weighted by Gasteiger charge is -2.26. The molecule has 0 aliphatic carbocycles. The lowest BCUT2D eigenvalue weighted by Crippen LogP contribution is -2.30. The van der Waals surface area contributed by atoms with Gasteiger partial charge in [0.25, 0.3) is 5.91 Å². The number of aromatic nitrogens is 1. The van der Waals surface area contributed by atoms with Crippen molar-refractivity contribution in [3.05, 3.63) is 95.4 Å². The molecule has 7 nitrogen and oxygen atoms in total. The zero-order valence-corrected chi connectivity index (χ0v) is 15.6. The number of aliphatic hydroxyl groups excluding tert-OH is 1. The van der Waals surface area contributed by atoms with Gasteiger partial charge in [-0.05, 0) is 41.5 Å². The number of hydrogen-bond donors (Lipinski definition) is 1. The lowest BCUT2D eigenvalue weighted by atomic mass is 9.95. The van der Waals surface area contributed by atoms with Gasteiger partial charge in [-0.1, -0.05) is 18.2 Å². The third kappa shape index (κ3) is 3.38. The molecule has 0 radical (unpaired) electrons. The Hall–Kier alpha value is -3.87. The molecule has 1 atom stereocenters. The Kier molecular flexibility index (Phi) is 4.87. The van der Waals surface area contributed by atoms with Gasteiger partial charge in [-0.15, -0.1) is 0 Å². The normalized spacial score (nSPS) is 16.4. The van der Waals surface area contributed by atoms with Crippen molar-refractivity contribution in [1.29, 1.82) is 0 Å². The van der Waals surface area contributed by atoms with Gasteiger partial charge in [0.2, 0.25) is 5.78 Å². The molecule has 0 bridgehead atoms. The van der Waals surface area contributed by atoms with Crippen molar-refractivity contribution in [2.24, 2.45) is 0 Å². The maximum Gasteiger partial charge on any atom is 0.290 e. The van der Waals surface area contributed by atoms with Crippen LogP contribution in [0.4, 0.5) is 0 Å². The van der Waals surface area contributed by atoms with Crippen LogP contribution < -0.4 is 4.74 Å². The highest BCUT2D eigenvalue weighted by molar-refractivity contribution is 6.14. The fourth-order valence-electron chi connectivity index (χ4n) is 3.41. The number of carbonyl (C=O) groups excluding carboxylic acids is 2. The Morgan fingerprint density at radius 1 is 1.21 bits per heavy atom. The molecule has 3 heterocycles. The Morgan fingerprint density at radius 2 is 2.00 bits per heavy atom. The van der Waals surface area contributed by atoms with Crippen molar-refractivity contribution < 1.29 is 23.8 Å². The number of ether oxygens (including phenoxy) is 1. The van der Waals surface area contributed by atoms with E-state index in [0.29, 0.717) is 11.3 Å². The first kappa shape index (κ1) is 18.5. The first-order valence-corrected chi connectivity index (χ1v) is 8.95. The Bertz CT molecular complexity index is 1060. The van der Waals surface area contributed by atoms with Crippen LogP contribution in [0.1, 0.15) is 27.7 Å². The fraction of sp³-hybridized carbons (Fsp3) is 0.136. The second-order valence-electron chi connectivity index (χ2n) is 6.54. The highest BCUT2D eigenvalue weighted by Crippen LogP contribution is 2.40.